The first-order valence-electron chi connectivity index (χ1n) is 6.02. The van der Waals surface area contributed by atoms with Crippen molar-refractivity contribution < 1.29 is 13.7 Å². The van der Waals surface area contributed by atoms with Crippen LogP contribution < -0.4 is 0 Å². The third-order valence-electron chi connectivity index (χ3n) is 2.91. The van der Waals surface area contributed by atoms with Gasteiger partial charge in [-0.15, -0.1) is 0 Å². The largest absolute Gasteiger partial charge is 0.377 e. The average Bonchev–Trinajstić information content (AvgIpc) is 3.09. The van der Waals surface area contributed by atoms with Crippen LogP contribution in [-0.4, -0.2) is 22.2 Å². The van der Waals surface area contributed by atoms with Gasteiger partial charge in [0.25, 0.3) is 0 Å². The second-order valence-corrected chi connectivity index (χ2v) is 4.22. The molecule has 3 rings (SSSR count). The van der Waals surface area contributed by atoms with Gasteiger partial charge in [-0.3, -0.25) is 0 Å². The zero-order valence-corrected chi connectivity index (χ0v) is 10.8. The maximum absolute atomic E-state index is 13.0. The van der Waals surface area contributed by atoms with Crippen LogP contribution in [0.1, 0.15) is 5.76 Å². The maximum atomic E-state index is 13.0. The Morgan fingerprint density at radius 3 is 2.75 bits per heavy atom. The molecule has 6 heteroatoms. The SMILES string of the molecule is COCc1onc(-c2ccc(F)cc2)c1-c1c[nH]cn1. The Labute approximate surface area is 114 Å². The molecule has 0 aliphatic heterocycles. The van der Waals surface area contributed by atoms with Gasteiger partial charge in [-0.1, -0.05) is 5.16 Å². The van der Waals surface area contributed by atoms with E-state index >= 15 is 0 Å². The highest BCUT2D eigenvalue weighted by Crippen LogP contribution is 2.33. The smallest absolute Gasteiger partial charge is 0.172 e. The first kappa shape index (κ1) is 12.6. The number of imidazole rings is 1. The molecule has 0 atom stereocenters. The Kier molecular flexibility index (Phi) is 3.30. The summed E-state index contributed by atoms with van der Waals surface area (Å²) >= 11 is 0. The number of nitrogens with zero attached hydrogens (tertiary/aromatic N) is 2. The van der Waals surface area contributed by atoms with E-state index in [0.717, 1.165) is 11.1 Å². The lowest BCUT2D eigenvalue weighted by Crippen LogP contribution is -1.90. The molecule has 102 valence electrons. The van der Waals surface area contributed by atoms with E-state index in [1.54, 1.807) is 31.8 Å². The van der Waals surface area contributed by atoms with Gasteiger partial charge in [0.1, 0.15) is 18.1 Å². The van der Waals surface area contributed by atoms with Crippen molar-refractivity contribution in [1.82, 2.24) is 15.1 Å². The van der Waals surface area contributed by atoms with Gasteiger partial charge in [-0.2, -0.15) is 0 Å². The van der Waals surface area contributed by atoms with Crippen molar-refractivity contribution in [3.63, 3.8) is 0 Å². The van der Waals surface area contributed by atoms with Gasteiger partial charge >= 0.3 is 0 Å². The van der Waals surface area contributed by atoms with Crippen LogP contribution in [0.25, 0.3) is 22.5 Å². The molecule has 0 fully saturated rings. The first-order valence-corrected chi connectivity index (χ1v) is 6.02. The number of nitrogens with one attached hydrogen (secondary N) is 1. The average molecular weight is 273 g/mol. The summed E-state index contributed by atoms with van der Waals surface area (Å²) in [5.41, 5.74) is 2.83. The van der Waals surface area contributed by atoms with Crippen molar-refractivity contribution in [2.75, 3.05) is 7.11 Å². The highest BCUT2D eigenvalue weighted by Gasteiger charge is 2.20. The molecular weight excluding hydrogens is 261 g/mol. The van der Waals surface area contributed by atoms with E-state index in [2.05, 4.69) is 15.1 Å². The fourth-order valence-corrected chi connectivity index (χ4v) is 2.02. The fraction of sp³-hybridized carbons (Fsp3) is 0.143. The molecule has 0 saturated heterocycles. The van der Waals surface area contributed by atoms with Crippen LogP contribution in [0.3, 0.4) is 0 Å². The molecule has 0 radical (unpaired) electrons. The van der Waals surface area contributed by atoms with E-state index in [9.17, 15) is 4.39 Å². The molecule has 1 N–H and O–H groups in total. The number of hydrogen-bond acceptors (Lipinski definition) is 4. The molecule has 1 aromatic carbocycles. The van der Waals surface area contributed by atoms with Crippen molar-refractivity contribution in [2.45, 2.75) is 6.61 Å². The standard InChI is InChI=1S/C14H12FN3O2/c1-19-7-12-13(11-6-16-8-17-11)14(18-20-12)9-2-4-10(15)5-3-9/h2-6,8H,7H2,1H3,(H,16,17). The number of hydrogen-bond donors (Lipinski definition) is 1. The van der Waals surface area contributed by atoms with Gasteiger partial charge in [0.15, 0.2) is 5.76 Å². The molecule has 0 unspecified atom stereocenters. The van der Waals surface area contributed by atoms with Crippen molar-refractivity contribution in [2.24, 2.45) is 0 Å². The number of H-pyrrole nitrogens is 1. The van der Waals surface area contributed by atoms with Gasteiger partial charge in [-0.25, -0.2) is 9.37 Å². The van der Waals surface area contributed by atoms with E-state index < -0.39 is 0 Å². The minimum atomic E-state index is -0.296. The summed E-state index contributed by atoms with van der Waals surface area (Å²) in [4.78, 5) is 7.11. The monoisotopic (exact) mass is 273 g/mol. The number of aromatic nitrogens is 3. The van der Waals surface area contributed by atoms with Crippen molar-refractivity contribution >= 4 is 0 Å². The Bertz CT molecular complexity index is 690. The van der Waals surface area contributed by atoms with Crippen molar-refractivity contribution in [3.05, 3.63) is 48.4 Å². The van der Waals surface area contributed by atoms with Crippen molar-refractivity contribution in [1.29, 1.82) is 0 Å². The lowest BCUT2D eigenvalue weighted by Gasteiger charge is -2.01. The Balaban J connectivity index is 2.13. The molecule has 0 bridgehead atoms. The summed E-state index contributed by atoms with van der Waals surface area (Å²) < 4.78 is 23.4. The van der Waals surface area contributed by atoms with Gasteiger partial charge in [0.2, 0.25) is 0 Å². The topological polar surface area (TPSA) is 63.9 Å². The minimum Gasteiger partial charge on any atom is -0.377 e. The maximum Gasteiger partial charge on any atom is 0.172 e. The second kappa shape index (κ2) is 5.26. The first-order chi connectivity index (χ1) is 9.79. The van der Waals surface area contributed by atoms with Gasteiger partial charge < -0.3 is 14.2 Å². The molecule has 0 aliphatic rings. The quantitative estimate of drug-likeness (QED) is 0.793. The Hall–Kier alpha value is -2.47. The summed E-state index contributed by atoms with van der Waals surface area (Å²) in [7, 11) is 1.58. The van der Waals surface area contributed by atoms with E-state index in [1.165, 1.54) is 12.1 Å². The van der Waals surface area contributed by atoms with Crippen LogP contribution in [0.15, 0.2) is 41.3 Å². The molecule has 0 amide bonds. The third-order valence-corrected chi connectivity index (χ3v) is 2.91. The van der Waals surface area contributed by atoms with Gasteiger partial charge in [-0.05, 0) is 24.3 Å². The summed E-state index contributed by atoms with van der Waals surface area (Å²) in [6.07, 6.45) is 3.33. The van der Waals surface area contributed by atoms with Crippen molar-refractivity contribution in [3.8, 4) is 22.5 Å². The number of methoxy groups -OCH3 is 1. The highest BCUT2D eigenvalue weighted by atomic mass is 19.1. The number of rotatable bonds is 4. The van der Waals surface area contributed by atoms with E-state index in [-0.39, 0.29) is 12.4 Å². The van der Waals surface area contributed by atoms with Crippen LogP contribution in [0.4, 0.5) is 4.39 Å². The summed E-state index contributed by atoms with van der Waals surface area (Å²) in [5, 5.41) is 4.06. The third kappa shape index (κ3) is 2.21. The fourth-order valence-electron chi connectivity index (χ4n) is 2.02. The summed E-state index contributed by atoms with van der Waals surface area (Å²) in [6, 6.07) is 6.07. The van der Waals surface area contributed by atoms with Crippen LogP contribution in [0.5, 0.6) is 0 Å². The van der Waals surface area contributed by atoms with E-state index in [0.29, 0.717) is 17.1 Å². The molecule has 2 aromatic heterocycles. The Morgan fingerprint density at radius 2 is 2.10 bits per heavy atom. The summed E-state index contributed by atoms with van der Waals surface area (Å²) in [6.45, 7) is 0.288. The van der Waals surface area contributed by atoms with Crippen LogP contribution in [0, 0.1) is 5.82 Å². The highest BCUT2D eigenvalue weighted by molar-refractivity contribution is 5.79. The van der Waals surface area contributed by atoms with Gasteiger partial charge in [0, 0.05) is 18.9 Å². The lowest BCUT2D eigenvalue weighted by atomic mass is 10.0. The molecular formula is C14H12FN3O2. The number of aromatic amines is 1. The molecule has 3 aromatic rings. The molecule has 2 heterocycles. The molecule has 5 nitrogen and oxygen atoms in total. The molecule has 0 spiro atoms. The summed E-state index contributed by atoms with van der Waals surface area (Å²) in [5.74, 6) is 0.287. The predicted molar refractivity (Wildman–Crippen MR) is 70.2 cm³/mol. The molecule has 0 aliphatic carbocycles. The molecule has 20 heavy (non-hydrogen) atoms. The Morgan fingerprint density at radius 1 is 1.30 bits per heavy atom. The van der Waals surface area contributed by atoms with E-state index in [4.69, 9.17) is 9.26 Å². The second-order valence-electron chi connectivity index (χ2n) is 4.22. The number of ether oxygens (including phenoxy) is 1. The number of benzene rings is 1. The zero-order chi connectivity index (χ0) is 13.9. The zero-order valence-electron chi connectivity index (χ0n) is 10.8. The van der Waals surface area contributed by atoms with Crippen LogP contribution in [-0.2, 0) is 11.3 Å². The number of halogens is 1. The predicted octanol–water partition coefficient (Wildman–Crippen LogP) is 3.02. The minimum absolute atomic E-state index is 0.288. The van der Waals surface area contributed by atoms with E-state index in [1.807, 2.05) is 0 Å². The van der Waals surface area contributed by atoms with Crippen LogP contribution >= 0.6 is 0 Å². The van der Waals surface area contributed by atoms with Crippen LogP contribution in [0.2, 0.25) is 0 Å². The molecule has 0 saturated carbocycles. The van der Waals surface area contributed by atoms with Gasteiger partial charge in [0.05, 0.1) is 17.6 Å². The lowest BCUT2D eigenvalue weighted by molar-refractivity contribution is 0.156. The normalized spacial score (nSPS) is 10.9.